The van der Waals surface area contributed by atoms with E-state index in [2.05, 4.69) is 0 Å². The molecule has 1 rings (SSSR count). The van der Waals surface area contributed by atoms with E-state index in [0.717, 1.165) is 12.1 Å². The molecule has 0 atom stereocenters. The number of rotatable bonds is 5. The number of carbonyl (C=O) groups is 1. The number of ether oxygens (including phenoxy) is 1. The Balaban J connectivity index is 2.65. The van der Waals surface area contributed by atoms with Crippen molar-refractivity contribution in [3.05, 3.63) is 23.8 Å². The maximum Gasteiger partial charge on any atom is 0.418 e. The first-order valence-corrected chi connectivity index (χ1v) is 5.12. The van der Waals surface area contributed by atoms with Crippen molar-refractivity contribution in [1.82, 2.24) is 0 Å². The van der Waals surface area contributed by atoms with Crippen molar-refractivity contribution in [2.45, 2.75) is 19.0 Å². The summed E-state index contributed by atoms with van der Waals surface area (Å²) >= 11 is 0. The van der Waals surface area contributed by atoms with Crippen molar-refractivity contribution in [2.24, 2.45) is 0 Å². The Morgan fingerprint density at radius 3 is 2.61 bits per heavy atom. The molecule has 0 aliphatic heterocycles. The SMILES string of the molecule is Nc1ccc(OCCCC(=O)O)cc1C(F)(F)F. The van der Waals surface area contributed by atoms with E-state index in [4.69, 9.17) is 15.6 Å². The summed E-state index contributed by atoms with van der Waals surface area (Å²) in [6.07, 6.45) is -4.41. The molecule has 0 saturated carbocycles. The monoisotopic (exact) mass is 263 g/mol. The first kappa shape index (κ1) is 14.1. The van der Waals surface area contributed by atoms with E-state index >= 15 is 0 Å². The van der Waals surface area contributed by atoms with Crippen LogP contribution in [0.4, 0.5) is 18.9 Å². The van der Waals surface area contributed by atoms with E-state index in [1.54, 1.807) is 0 Å². The molecule has 0 aliphatic carbocycles. The van der Waals surface area contributed by atoms with Crippen molar-refractivity contribution in [2.75, 3.05) is 12.3 Å². The number of hydrogen-bond acceptors (Lipinski definition) is 3. The minimum absolute atomic E-state index is 0.0157. The molecule has 0 bridgehead atoms. The first-order chi connectivity index (χ1) is 8.30. The zero-order valence-corrected chi connectivity index (χ0v) is 9.33. The number of aliphatic carboxylic acids is 1. The van der Waals surface area contributed by atoms with Gasteiger partial charge in [0.15, 0.2) is 0 Å². The molecule has 3 N–H and O–H groups in total. The molecule has 0 amide bonds. The zero-order chi connectivity index (χ0) is 13.8. The Labute approximate surface area is 101 Å². The van der Waals surface area contributed by atoms with Crippen LogP contribution >= 0.6 is 0 Å². The van der Waals surface area contributed by atoms with Crippen LogP contribution in [0.15, 0.2) is 18.2 Å². The van der Waals surface area contributed by atoms with Gasteiger partial charge >= 0.3 is 12.1 Å². The average Bonchev–Trinajstić information content (AvgIpc) is 2.24. The quantitative estimate of drug-likeness (QED) is 0.632. The fraction of sp³-hybridized carbons (Fsp3) is 0.364. The van der Waals surface area contributed by atoms with E-state index in [1.807, 2.05) is 0 Å². The minimum Gasteiger partial charge on any atom is -0.494 e. The molecule has 1 aromatic carbocycles. The molecule has 4 nitrogen and oxygen atoms in total. The predicted molar refractivity (Wildman–Crippen MR) is 58.2 cm³/mol. The van der Waals surface area contributed by atoms with Crippen LogP contribution in [0.25, 0.3) is 0 Å². The smallest absolute Gasteiger partial charge is 0.418 e. The van der Waals surface area contributed by atoms with Gasteiger partial charge in [-0.2, -0.15) is 13.2 Å². The predicted octanol–water partition coefficient (Wildman–Crippen LogP) is 2.53. The van der Waals surface area contributed by atoms with Gasteiger partial charge in [0, 0.05) is 12.1 Å². The third-order valence-electron chi connectivity index (χ3n) is 2.13. The summed E-state index contributed by atoms with van der Waals surface area (Å²) in [6, 6.07) is 3.22. The van der Waals surface area contributed by atoms with Crippen molar-refractivity contribution < 1.29 is 27.8 Å². The zero-order valence-electron chi connectivity index (χ0n) is 9.33. The summed E-state index contributed by atoms with van der Waals surface area (Å²) in [4.78, 5) is 10.2. The van der Waals surface area contributed by atoms with Gasteiger partial charge in [0.25, 0.3) is 0 Å². The van der Waals surface area contributed by atoms with Gasteiger partial charge in [-0.25, -0.2) is 0 Å². The molecule has 1 aromatic rings. The van der Waals surface area contributed by atoms with E-state index < -0.39 is 17.7 Å². The highest BCUT2D eigenvalue weighted by Crippen LogP contribution is 2.35. The number of alkyl halides is 3. The third-order valence-corrected chi connectivity index (χ3v) is 2.13. The highest BCUT2D eigenvalue weighted by Gasteiger charge is 2.33. The molecule has 100 valence electrons. The second kappa shape index (κ2) is 5.61. The number of benzene rings is 1. The number of hydrogen-bond donors (Lipinski definition) is 2. The summed E-state index contributed by atoms with van der Waals surface area (Å²) in [5, 5.41) is 8.38. The molecule has 0 heterocycles. The van der Waals surface area contributed by atoms with Gasteiger partial charge in [-0.1, -0.05) is 0 Å². The topological polar surface area (TPSA) is 72.5 Å². The lowest BCUT2D eigenvalue weighted by Crippen LogP contribution is -2.09. The Morgan fingerprint density at radius 1 is 1.39 bits per heavy atom. The number of carboxylic acids is 1. The van der Waals surface area contributed by atoms with Crippen LogP contribution in [0.1, 0.15) is 18.4 Å². The lowest BCUT2D eigenvalue weighted by atomic mass is 10.1. The number of nitrogens with two attached hydrogens (primary N) is 1. The lowest BCUT2D eigenvalue weighted by Gasteiger charge is -2.12. The summed E-state index contributed by atoms with van der Waals surface area (Å²) < 4.78 is 42.6. The number of halogens is 3. The molecule has 0 aromatic heterocycles. The minimum atomic E-state index is -4.54. The molecular formula is C11H12F3NO3. The first-order valence-electron chi connectivity index (χ1n) is 5.12. The third kappa shape index (κ3) is 4.15. The molecule has 0 saturated heterocycles. The summed E-state index contributed by atoms with van der Waals surface area (Å²) in [6.45, 7) is 0.0352. The Hall–Kier alpha value is -1.92. The summed E-state index contributed by atoms with van der Waals surface area (Å²) in [5.41, 5.74) is 3.88. The summed E-state index contributed by atoms with van der Waals surface area (Å²) in [5.74, 6) is -0.964. The van der Waals surface area contributed by atoms with E-state index in [9.17, 15) is 18.0 Å². The normalized spacial score (nSPS) is 11.3. The largest absolute Gasteiger partial charge is 0.494 e. The standard InChI is InChI=1S/C11H12F3NO3/c12-11(13,14)8-6-7(3-4-9(8)15)18-5-1-2-10(16)17/h3-4,6H,1-2,5,15H2,(H,16,17). The van der Waals surface area contributed by atoms with E-state index in [-0.39, 0.29) is 30.9 Å². The van der Waals surface area contributed by atoms with Gasteiger partial charge in [0.1, 0.15) is 5.75 Å². The maximum absolute atomic E-state index is 12.5. The molecule has 7 heteroatoms. The number of nitrogen functional groups attached to an aromatic ring is 1. The maximum atomic E-state index is 12.5. The fourth-order valence-corrected chi connectivity index (χ4v) is 1.28. The van der Waals surface area contributed by atoms with Crippen LogP contribution in [0.3, 0.4) is 0 Å². The van der Waals surface area contributed by atoms with Gasteiger partial charge < -0.3 is 15.6 Å². The molecule has 0 radical (unpaired) electrons. The van der Waals surface area contributed by atoms with Crippen molar-refractivity contribution in [1.29, 1.82) is 0 Å². The highest BCUT2D eigenvalue weighted by atomic mass is 19.4. The van der Waals surface area contributed by atoms with E-state index in [1.165, 1.54) is 6.07 Å². The van der Waals surface area contributed by atoms with Crippen molar-refractivity contribution in [3.63, 3.8) is 0 Å². The molecular weight excluding hydrogens is 251 g/mol. The Morgan fingerprint density at radius 2 is 2.06 bits per heavy atom. The van der Waals surface area contributed by atoms with Crippen LogP contribution < -0.4 is 10.5 Å². The highest BCUT2D eigenvalue weighted by molar-refractivity contribution is 5.66. The van der Waals surface area contributed by atoms with Gasteiger partial charge in [0.05, 0.1) is 12.2 Å². The second-order valence-electron chi connectivity index (χ2n) is 3.59. The van der Waals surface area contributed by atoms with E-state index in [0.29, 0.717) is 0 Å². The lowest BCUT2D eigenvalue weighted by molar-refractivity contribution is -0.137. The van der Waals surface area contributed by atoms with Crippen LogP contribution in [0.5, 0.6) is 5.75 Å². The average molecular weight is 263 g/mol. The van der Waals surface area contributed by atoms with Crippen LogP contribution in [-0.4, -0.2) is 17.7 Å². The van der Waals surface area contributed by atoms with Crippen molar-refractivity contribution in [3.8, 4) is 5.75 Å². The fourth-order valence-electron chi connectivity index (χ4n) is 1.28. The van der Waals surface area contributed by atoms with Crippen LogP contribution in [0.2, 0.25) is 0 Å². The summed E-state index contributed by atoms with van der Waals surface area (Å²) in [7, 11) is 0. The van der Waals surface area contributed by atoms with Crippen molar-refractivity contribution >= 4 is 11.7 Å². The van der Waals surface area contributed by atoms with Gasteiger partial charge in [0.2, 0.25) is 0 Å². The second-order valence-corrected chi connectivity index (χ2v) is 3.59. The molecule has 18 heavy (non-hydrogen) atoms. The molecule has 0 unspecified atom stereocenters. The Bertz CT molecular complexity index is 432. The number of carboxylic acid groups (broad SMARTS) is 1. The number of anilines is 1. The van der Waals surface area contributed by atoms with Crippen LogP contribution in [0, 0.1) is 0 Å². The van der Waals surface area contributed by atoms with Gasteiger partial charge in [-0.15, -0.1) is 0 Å². The molecule has 0 fully saturated rings. The molecule has 0 aliphatic rings. The Kier molecular flexibility index (Phi) is 4.41. The van der Waals surface area contributed by atoms with Crippen LogP contribution in [-0.2, 0) is 11.0 Å². The molecule has 0 spiro atoms. The van der Waals surface area contributed by atoms with Gasteiger partial charge in [-0.05, 0) is 24.6 Å². The van der Waals surface area contributed by atoms with Gasteiger partial charge in [-0.3, -0.25) is 4.79 Å².